The smallest absolute Gasteiger partial charge is 0.192 e. The molecule has 0 rings (SSSR count). The minimum absolute atomic E-state index is 0.131. The summed E-state index contributed by atoms with van der Waals surface area (Å²) in [5.41, 5.74) is 7.36. The Morgan fingerprint density at radius 1 is 2.00 bits per heavy atom. The molecule has 0 atom stereocenters. The van der Waals surface area contributed by atoms with Crippen LogP contribution in [0.15, 0.2) is 5.10 Å². The highest BCUT2D eigenvalue weighted by atomic mass is 32.1. The first-order valence-electron chi connectivity index (χ1n) is 2.46. The summed E-state index contributed by atoms with van der Waals surface area (Å²) in [5.74, 6) is 0. The van der Waals surface area contributed by atoms with Crippen LogP contribution in [-0.4, -0.2) is 18.1 Å². The van der Waals surface area contributed by atoms with Crippen molar-refractivity contribution in [2.75, 3.05) is 6.61 Å². The molecular weight excluding hydrogens is 138 g/mol. The van der Waals surface area contributed by atoms with Gasteiger partial charge in [0.05, 0.1) is 6.61 Å². The molecule has 0 aromatic carbocycles. The highest BCUT2D eigenvalue weighted by molar-refractivity contribution is 7.80. The van der Waals surface area contributed by atoms with Gasteiger partial charge in [0, 0.05) is 0 Å². The highest BCUT2D eigenvalue weighted by Gasteiger charge is 1.76. The van der Waals surface area contributed by atoms with Gasteiger partial charge in [-0.15, -0.1) is 5.10 Å². The van der Waals surface area contributed by atoms with Crippen LogP contribution in [0.3, 0.4) is 0 Å². The predicted octanol–water partition coefficient (Wildman–Crippen LogP) is -0.201. The van der Waals surface area contributed by atoms with Gasteiger partial charge in [0.25, 0.3) is 0 Å². The lowest BCUT2D eigenvalue weighted by Gasteiger charge is -1.93. The number of hydrogen-bond donors (Lipinski definition) is 2. The number of ether oxygens (including phenoxy) is 1. The Hall–Kier alpha value is -0.840. The second-order valence-corrected chi connectivity index (χ2v) is 1.61. The molecule has 4 nitrogen and oxygen atoms in total. The normalized spacial score (nSPS) is 9.44. The minimum Gasteiger partial charge on any atom is -0.482 e. The molecule has 0 aliphatic heterocycles. The number of nitrogens with one attached hydrogen (secondary N) is 1. The molecule has 0 radical (unpaired) electrons. The molecule has 3 N–H and O–H groups in total. The molecule has 0 amide bonds. The van der Waals surface area contributed by atoms with Gasteiger partial charge in [-0.2, -0.15) is 0 Å². The molecule has 0 aromatic heterocycles. The van der Waals surface area contributed by atoms with Gasteiger partial charge in [-0.05, 0) is 19.1 Å². The van der Waals surface area contributed by atoms with E-state index < -0.39 is 0 Å². The molecule has 0 aliphatic rings. The van der Waals surface area contributed by atoms with E-state index in [1.807, 2.05) is 6.92 Å². The number of hydrazone groups is 1. The average molecular weight is 147 g/mol. The second kappa shape index (κ2) is 5.30. The maximum absolute atomic E-state index is 5.03. The Labute approximate surface area is 59.1 Å². The molecule has 0 bridgehead atoms. The molecule has 0 spiro atoms. The third-order valence-corrected chi connectivity index (χ3v) is 0.560. The fourth-order valence-electron chi connectivity index (χ4n) is 0.202. The van der Waals surface area contributed by atoms with Crippen LogP contribution in [0.1, 0.15) is 6.92 Å². The lowest BCUT2D eigenvalue weighted by atomic mass is 10.9. The first-order valence-corrected chi connectivity index (χ1v) is 2.86. The van der Waals surface area contributed by atoms with Crippen molar-refractivity contribution >= 4 is 23.7 Å². The standard InChI is InChI=1S/C4H9N3OS/c1-2-8-3-6-7-4(5)9/h3H,2H2,1H3,(H3,5,7,9)/b6-3+. The zero-order valence-corrected chi connectivity index (χ0v) is 5.94. The van der Waals surface area contributed by atoms with Crippen molar-refractivity contribution in [3.63, 3.8) is 0 Å². The summed E-state index contributed by atoms with van der Waals surface area (Å²) in [4.78, 5) is 0. The van der Waals surface area contributed by atoms with Gasteiger partial charge in [-0.3, -0.25) is 5.43 Å². The van der Waals surface area contributed by atoms with E-state index in [1.54, 1.807) is 0 Å². The molecule has 0 aromatic rings. The van der Waals surface area contributed by atoms with Crippen LogP contribution >= 0.6 is 12.2 Å². The Morgan fingerprint density at radius 3 is 3.11 bits per heavy atom. The summed E-state index contributed by atoms with van der Waals surface area (Å²) in [5, 5.41) is 3.63. The van der Waals surface area contributed by atoms with E-state index in [0.717, 1.165) is 0 Å². The molecule has 0 aliphatic carbocycles. The van der Waals surface area contributed by atoms with Crippen molar-refractivity contribution in [2.24, 2.45) is 10.8 Å². The van der Waals surface area contributed by atoms with E-state index in [2.05, 4.69) is 22.7 Å². The second-order valence-electron chi connectivity index (χ2n) is 1.17. The molecule has 0 saturated carbocycles. The van der Waals surface area contributed by atoms with Gasteiger partial charge in [0.15, 0.2) is 11.5 Å². The fourth-order valence-corrected chi connectivity index (χ4v) is 0.254. The zero-order valence-electron chi connectivity index (χ0n) is 5.13. The van der Waals surface area contributed by atoms with E-state index >= 15 is 0 Å². The SMILES string of the molecule is CCO/C=N/NC(N)=S. The lowest BCUT2D eigenvalue weighted by molar-refractivity contribution is 0.341. The molecule has 0 unspecified atom stereocenters. The number of thiocarbonyl (C=S) groups is 1. The van der Waals surface area contributed by atoms with Crippen molar-refractivity contribution < 1.29 is 4.74 Å². The van der Waals surface area contributed by atoms with Crippen LogP contribution in [-0.2, 0) is 4.74 Å². The number of nitrogens with zero attached hydrogens (tertiary/aromatic N) is 1. The van der Waals surface area contributed by atoms with Gasteiger partial charge >= 0.3 is 0 Å². The van der Waals surface area contributed by atoms with Crippen molar-refractivity contribution in [3.05, 3.63) is 0 Å². The summed E-state index contributed by atoms with van der Waals surface area (Å²) in [6.07, 6.45) is 1.25. The summed E-state index contributed by atoms with van der Waals surface area (Å²) in [6, 6.07) is 0. The molecule has 0 fully saturated rings. The summed E-state index contributed by atoms with van der Waals surface area (Å²) < 4.78 is 4.71. The van der Waals surface area contributed by atoms with Crippen molar-refractivity contribution in [1.82, 2.24) is 5.43 Å². The topological polar surface area (TPSA) is 59.6 Å². The van der Waals surface area contributed by atoms with Crippen LogP contribution < -0.4 is 11.2 Å². The number of nitrogens with two attached hydrogens (primary N) is 1. The van der Waals surface area contributed by atoms with Crippen LogP contribution in [0.5, 0.6) is 0 Å². The third-order valence-electron chi connectivity index (χ3n) is 0.469. The quantitative estimate of drug-likeness (QED) is 0.251. The van der Waals surface area contributed by atoms with Crippen molar-refractivity contribution in [1.29, 1.82) is 0 Å². The van der Waals surface area contributed by atoms with Gasteiger partial charge in [-0.1, -0.05) is 0 Å². The van der Waals surface area contributed by atoms with Gasteiger partial charge in [0.1, 0.15) is 0 Å². The average Bonchev–Trinajstić information content (AvgIpc) is 1.80. The van der Waals surface area contributed by atoms with Gasteiger partial charge < -0.3 is 10.5 Å². The summed E-state index contributed by atoms with van der Waals surface area (Å²) >= 11 is 4.44. The molecule has 0 heterocycles. The van der Waals surface area contributed by atoms with Crippen molar-refractivity contribution in [2.45, 2.75) is 6.92 Å². The summed E-state index contributed by atoms with van der Waals surface area (Å²) in [7, 11) is 0. The maximum atomic E-state index is 5.03. The molecule has 0 saturated heterocycles. The van der Waals surface area contributed by atoms with E-state index in [4.69, 9.17) is 10.5 Å². The minimum atomic E-state index is 0.131. The first-order chi connectivity index (χ1) is 4.27. The van der Waals surface area contributed by atoms with Gasteiger partial charge in [0.2, 0.25) is 0 Å². The van der Waals surface area contributed by atoms with Crippen LogP contribution in [0.25, 0.3) is 0 Å². The van der Waals surface area contributed by atoms with E-state index in [0.29, 0.717) is 6.61 Å². The van der Waals surface area contributed by atoms with E-state index in [1.165, 1.54) is 6.40 Å². The van der Waals surface area contributed by atoms with E-state index in [9.17, 15) is 0 Å². The number of rotatable bonds is 3. The zero-order chi connectivity index (χ0) is 7.11. The number of hydrogen-bond acceptors (Lipinski definition) is 3. The van der Waals surface area contributed by atoms with Crippen LogP contribution in [0.2, 0.25) is 0 Å². The summed E-state index contributed by atoms with van der Waals surface area (Å²) in [6.45, 7) is 2.44. The Morgan fingerprint density at radius 2 is 2.67 bits per heavy atom. The van der Waals surface area contributed by atoms with Crippen LogP contribution in [0, 0.1) is 0 Å². The molecule has 52 valence electrons. The Kier molecular flexibility index (Phi) is 4.81. The molecular formula is C4H9N3OS. The Balaban J connectivity index is 3.14. The monoisotopic (exact) mass is 147 g/mol. The van der Waals surface area contributed by atoms with E-state index in [-0.39, 0.29) is 5.11 Å². The van der Waals surface area contributed by atoms with Crippen LogP contribution in [0.4, 0.5) is 0 Å². The fraction of sp³-hybridized carbons (Fsp3) is 0.500. The highest BCUT2D eigenvalue weighted by Crippen LogP contribution is 1.63. The molecule has 5 heteroatoms. The Bertz CT molecular complexity index is 114. The van der Waals surface area contributed by atoms with Crippen molar-refractivity contribution in [3.8, 4) is 0 Å². The largest absolute Gasteiger partial charge is 0.482 e. The molecule has 9 heavy (non-hydrogen) atoms. The maximum Gasteiger partial charge on any atom is 0.192 e. The third kappa shape index (κ3) is 7.16. The predicted molar refractivity (Wildman–Crippen MR) is 40.0 cm³/mol. The lowest BCUT2D eigenvalue weighted by Crippen LogP contribution is -2.24. The first kappa shape index (κ1) is 8.16. The van der Waals surface area contributed by atoms with Gasteiger partial charge in [-0.25, -0.2) is 0 Å².